The molecule has 0 bridgehead atoms. The van der Waals surface area contributed by atoms with Crippen LogP contribution in [0, 0.1) is 11.3 Å². The first kappa shape index (κ1) is 13.9. The van der Waals surface area contributed by atoms with Gasteiger partial charge in [0.25, 0.3) is 0 Å². The van der Waals surface area contributed by atoms with E-state index in [0.717, 1.165) is 0 Å². The van der Waals surface area contributed by atoms with Gasteiger partial charge in [-0.3, -0.25) is 9.69 Å². The second kappa shape index (κ2) is 5.98. The van der Waals surface area contributed by atoms with Crippen LogP contribution in [0.3, 0.4) is 0 Å². The summed E-state index contributed by atoms with van der Waals surface area (Å²) in [4.78, 5) is 15.0. The summed E-state index contributed by atoms with van der Waals surface area (Å²) in [6.45, 7) is 1.49. The third-order valence-electron chi connectivity index (χ3n) is 2.78. The molecule has 1 amide bonds. The summed E-state index contributed by atoms with van der Waals surface area (Å²) in [5, 5.41) is 8.41. The maximum Gasteiger partial charge on any atom is 0.236 e. The van der Waals surface area contributed by atoms with Crippen molar-refractivity contribution in [3.05, 3.63) is 0 Å². The van der Waals surface area contributed by atoms with Crippen molar-refractivity contribution < 1.29 is 13.2 Å². The third kappa shape index (κ3) is 4.71. The highest BCUT2D eigenvalue weighted by Crippen LogP contribution is 2.04. The van der Waals surface area contributed by atoms with Gasteiger partial charge in [0.05, 0.1) is 30.5 Å². The fraction of sp³-hybridized carbons (Fsp3) is 0.800. The van der Waals surface area contributed by atoms with Crippen LogP contribution in [0.1, 0.15) is 6.42 Å². The van der Waals surface area contributed by atoms with Crippen LogP contribution < -0.4 is 0 Å². The molecule has 96 valence electrons. The van der Waals surface area contributed by atoms with Gasteiger partial charge in [0.2, 0.25) is 5.91 Å². The Balaban J connectivity index is 2.35. The lowest BCUT2D eigenvalue weighted by atomic mass is 10.4. The summed E-state index contributed by atoms with van der Waals surface area (Å²) in [5.41, 5.74) is 0. The van der Waals surface area contributed by atoms with E-state index in [1.807, 2.05) is 11.0 Å². The molecule has 0 radical (unpaired) electrons. The van der Waals surface area contributed by atoms with Gasteiger partial charge in [0.1, 0.15) is 0 Å². The standard InChI is InChI=1S/C10H17N3O3S/c1-12(4-2-3-11)10(14)9-13-5-7-17(15,16)8-6-13/h2,4-9H2,1H3. The van der Waals surface area contributed by atoms with Crippen LogP contribution in [0.4, 0.5) is 0 Å². The molecule has 0 aromatic rings. The van der Waals surface area contributed by atoms with Gasteiger partial charge < -0.3 is 4.90 Å². The minimum Gasteiger partial charge on any atom is -0.344 e. The summed E-state index contributed by atoms with van der Waals surface area (Å²) in [6, 6.07) is 1.98. The van der Waals surface area contributed by atoms with E-state index in [1.165, 1.54) is 4.90 Å². The van der Waals surface area contributed by atoms with E-state index in [0.29, 0.717) is 26.1 Å². The molecule has 0 atom stereocenters. The summed E-state index contributed by atoms with van der Waals surface area (Å²) in [6.07, 6.45) is 0.316. The number of sulfone groups is 1. The highest BCUT2D eigenvalue weighted by Gasteiger charge is 2.23. The smallest absolute Gasteiger partial charge is 0.236 e. The topological polar surface area (TPSA) is 81.5 Å². The van der Waals surface area contributed by atoms with Crippen LogP contribution >= 0.6 is 0 Å². The van der Waals surface area contributed by atoms with Crippen molar-refractivity contribution in [3.8, 4) is 6.07 Å². The van der Waals surface area contributed by atoms with Gasteiger partial charge in [-0.15, -0.1) is 0 Å². The number of nitriles is 1. The first-order valence-corrected chi connectivity index (χ1v) is 7.30. The summed E-state index contributed by atoms with van der Waals surface area (Å²) in [7, 11) is -1.24. The lowest BCUT2D eigenvalue weighted by Gasteiger charge is -2.27. The Hall–Kier alpha value is -1.13. The van der Waals surface area contributed by atoms with Crippen LogP contribution in [0.5, 0.6) is 0 Å². The number of hydrogen-bond donors (Lipinski definition) is 0. The molecule has 0 unspecified atom stereocenters. The molecular weight excluding hydrogens is 242 g/mol. The Morgan fingerprint density at radius 1 is 1.41 bits per heavy atom. The number of hydrogen-bond acceptors (Lipinski definition) is 5. The molecule has 0 aromatic carbocycles. The molecule has 17 heavy (non-hydrogen) atoms. The Morgan fingerprint density at radius 3 is 2.53 bits per heavy atom. The fourth-order valence-electron chi connectivity index (χ4n) is 1.56. The Labute approximate surface area is 102 Å². The second-order valence-electron chi connectivity index (χ2n) is 4.15. The molecule has 1 fully saturated rings. The van der Waals surface area contributed by atoms with Crippen molar-refractivity contribution in [1.29, 1.82) is 5.26 Å². The molecule has 1 saturated heterocycles. The number of rotatable bonds is 4. The molecule has 0 aromatic heterocycles. The largest absolute Gasteiger partial charge is 0.344 e. The molecule has 0 N–H and O–H groups in total. The zero-order valence-electron chi connectivity index (χ0n) is 9.92. The zero-order chi connectivity index (χ0) is 12.9. The summed E-state index contributed by atoms with van der Waals surface area (Å²) >= 11 is 0. The van der Waals surface area contributed by atoms with Crippen LogP contribution in [0.2, 0.25) is 0 Å². The Kier molecular flexibility index (Phi) is 4.90. The van der Waals surface area contributed by atoms with Gasteiger partial charge in [-0.25, -0.2) is 8.42 Å². The van der Waals surface area contributed by atoms with Crippen molar-refractivity contribution in [2.75, 3.05) is 44.7 Å². The normalized spacial score (nSPS) is 19.5. The van der Waals surface area contributed by atoms with E-state index >= 15 is 0 Å². The predicted octanol–water partition coefficient (Wildman–Crippen LogP) is -0.911. The summed E-state index contributed by atoms with van der Waals surface area (Å²) in [5.74, 6) is 0.184. The lowest BCUT2D eigenvalue weighted by Crippen LogP contribution is -2.45. The molecule has 7 heteroatoms. The number of carbonyl (C=O) groups is 1. The number of carbonyl (C=O) groups excluding carboxylic acids is 1. The molecule has 0 saturated carbocycles. The van der Waals surface area contributed by atoms with E-state index in [-0.39, 0.29) is 24.0 Å². The molecule has 0 spiro atoms. The highest BCUT2D eigenvalue weighted by atomic mass is 32.2. The molecule has 1 aliphatic heterocycles. The molecule has 1 heterocycles. The van der Waals surface area contributed by atoms with Crippen LogP contribution in [0.25, 0.3) is 0 Å². The lowest BCUT2D eigenvalue weighted by molar-refractivity contribution is -0.131. The van der Waals surface area contributed by atoms with Crippen LogP contribution in [-0.2, 0) is 14.6 Å². The van der Waals surface area contributed by atoms with Gasteiger partial charge >= 0.3 is 0 Å². The SMILES string of the molecule is CN(CCC#N)C(=O)CN1CCS(=O)(=O)CC1. The zero-order valence-corrected chi connectivity index (χ0v) is 10.7. The van der Waals surface area contributed by atoms with Crippen LogP contribution in [0.15, 0.2) is 0 Å². The van der Waals surface area contributed by atoms with Gasteiger partial charge in [0.15, 0.2) is 9.84 Å². The predicted molar refractivity (Wildman–Crippen MR) is 63.0 cm³/mol. The number of nitrogens with zero attached hydrogens (tertiary/aromatic N) is 3. The van der Waals surface area contributed by atoms with Crippen molar-refractivity contribution in [2.45, 2.75) is 6.42 Å². The van der Waals surface area contributed by atoms with Gasteiger partial charge in [0, 0.05) is 26.7 Å². The van der Waals surface area contributed by atoms with Crippen LogP contribution in [-0.4, -0.2) is 68.9 Å². The Morgan fingerprint density at radius 2 is 2.00 bits per heavy atom. The molecule has 6 nitrogen and oxygen atoms in total. The van der Waals surface area contributed by atoms with E-state index in [1.54, 1.807) is 7.05 Å². The molecular formula is C10H17N3O3S. The van der Waals surface area contributed by atoms with Crippen molar-refractivity contribution in [2.24, 2.45) is 0 Å². The molecule has 1 rings (SSSR count). The number of amides is 1. The molecule has 1 aliphatic rings. The quantitative estimate of drug-likeness (QED) is 0.653. The first-order valence-electron chi connectivity index (χ1n) is 5.48. The average Bonchev–Trinajstić information content (AvgIpc) is 2.28. The maximum atomic E-state index is 11.7. The van der Waals surface area contributed by atoms with E-state index < -0.39 is 9.84 Å². The Bertz CT molecular complexity index is 399. The first-order chi connectivity index (χ1) is 7.94. The monoisotopic (exact) mass is 259 g/mol. The van der Waals surface area contributed by atoms with E-state index in [4.69, 9.17) is 5.26 Å². The average molecular weight is 259 g/mol. The molecule has 0 aliphatic carbocycles. The summed E-state index contributed by atoms with van der Waals surface area (Å²) < 4.78 is 22.4. The minimum absolute atomic E-state index is 0.0699. The van der Waals surface area contributed by atoms with Gasteiger partial charge in [-0.2, -0.15) is 5.26 Å². The van der Waals surface area contributed by atoms with Crippen molar-refractivity contribution in [1.82, 2.24) is 9.80 Å². The van der Waals surface area contributed by atoms with Gasteiger partial charge in [-0.1, -0.05) is 0 Å². The van der Waals surface area contributed by atoms with E-state index in [2.05, 4.69) is 0 Å². The van der Waals surface area contributed by atoms with E-state index in [9.17, 15) is 13.2 Å². The minimum atomic E-state index is -2.90. The van der Waals surface area contributed by atoms with Gasteiger partial charge in [-0.05, 0) is 0 Å². The second-order valence-corrected chi connectivity index (χ2v) is 6.46. The van der Waals surface area contributed by atoms with Crippen molar-refractivity contribution >= 4 is 15.7 Å². The number of likely N-dealkylation sites (N-methyl/N-ethyl adjacent to an activating group) is 1. The highest BCUT2D eigenvalue weighted by molar-refractivity contribution is 7.91. The third-order valence-corrected chi connectivity index (χ3v) is 4.39. The van der Waals surface area contributed by atoms with Crippen molar-refractivity contribution in [3.63, 3.8) is 0 Å². The fourth-order valence-corrected chi connectivity index (χ4v) is 2.84. The maximum absolute atomic E-state index is 11.7.